The molecule has 0 saturated carbocycles. The zero-order valence-electron chi connectivity index (χ0n) is 19.5. The van der Waals surface area contributed by atoms with Crippen molar-refractivity contribution in [3.63, 3.8) is 0 Å². The van der Waals surface area contributed by atoms with Crippen LogP contribution in [0.3, 0.4) is 0 Å². The average molecular weight is 405 g/mol. The highest BCUT2D eigenvalue weighted by Crippen LogP contribution is 2.42. The predicted molar refractivity (Wildman–Crippen MR) is 126 cm³/mol. The molecule has 0 N–H and O–H groups in total. The lowest BCUT2D eigenvalue weighted by Gasteiger charge is -2.43. The van der Waals surface area contributed by atoms with Crippen molar-refractivity contribution < 1.29 is 9.47 Å². The summed E-state index contributed by atoms with van der Waals surface area (Å²) in [6.07, 6.45) is 5.57. The van der Waals surface area contributed by atoms with Gasteiger partial charge >= 0.3 is 0 Å². The van der Waals surface area contributed by atoms with E-state index in [0.717, 1.165) is 32.5 Å². The van der Waals surface area contributed by atoms with Crippen molar-refractivity contribution in [1.82, 2.24) is 0 Å². The molecule has 0 unspecified atom stereocenters. The largest absolute Gasteiger partial charge is 0.350 e. The fourth-order valence-corrected chi connectivity index (χ4v) is 4.60. The second-order valence-corrected chi connectivity index (χ2v) is 10.7. The van der Waals surface area contributed by atoms with E-state index in [1.807, 2.05) is 13.8 Å². The summed E-state index contributed by atoms with van der Waals surface area (Å²) in [5.74, 6) is -0.460. The van der Waals surface area contributed by atoms with Crippen molar-refractivity contribution in [1.29, 1.82) is 0 Å². The summed E-state index contributed by atoms with van der Waals surface area (Å²) in [5.41, 5.74) is 8.60. The topological polar surface area (TPSA) is 18.5 Å². The zero-order chi connectivity index (χ0) is 21.6. The minimum absolute atomic E-state index is 0.0813. The summed E-state index contributed by atoms with van der Waals surface area (Å²) >= 11 is 0. The zero-order valence-corrected chi connectivity index (χ0v) is 19.5. The van der Waals surface area contributed by atoms with Gasteiger partial charge in [0, 0.05) is 5.41 Å². The number of fused-ring (bicyclic) bond motifs is 1. The van der Waals surface area contributed by atoms with Gasteiger partial charge in [-0.15, -0.1) is 0 Å². The molecule has 2 aliphatic rings. The van der Waals surface area contributed by atoms with Crippen LogP contribution in [0.4, 0.5) is 0 Å². The monoisotopic (exact) mass is 404 g/mol. The standard InChI is InChI=1S/C28H36O2/c1-7-28(18-29-27(5,6)30-19-28)17-20-15-22-9-8-10-24(25(22)16-20)21-11-13-23(14-12-21)26(2,3)4/h8-14,16H,7,15,17-19H2,1-6H3. The van der Waals surface area contributed by atoms with Gasteiger partial charge in [-0.05, 0) is 66.3 Å². The molecule has 1 aliphatic heterocycles. The number of benzene rings is 2. The van der Waals surface area contributed by atoms with Gasteiger partial charge in [0.25, 0.3) is 0 Å². The first kappa shape index (κ1) is 21.3. The van der Waals surface area contributed by atoms with Gasteiger partial charge < -0.3 is 9.47 Å². The van der Waals surface area contributed by atoms with Gasteiger partial charge in [-0.25, -0.2) is 0 Å². The smallest absolute Gasteiger partial charge is 0.162 e. The van der Waals surface area contributed by atoms with Crippen LogP contribution in [0.5, 0.6) is 0 Å². The molecule has 2 nitrogen and oxygen atoms in total. The van der Waals surface area contributed by atoms with Crippen molar-refractivity contribution in [2.45, 2.75) is 72.0 Å². The van der Waals surface area contributed by atoms with E-state index in [9.17, 15) is 0 Å². The van der Waals surface area contributed by atoms with E-state index in [4.69, 9.17) is 9.47 Å². The molecule has 2 aromatic carbocycles. The van der Waals surface area contributed by atoms with Crippen LogP contribution in [0.25, 0.3) is 17.2 Å². The maximum atomic E-state index is 6.04. The van der Waals surface area contributed by atoms with Gasteiger partial charge in [0.1, 0.15) is 0 Å². The van der Waals surface area contributed by atoms with Gasteiger partial charge in [-0.1, -0.05) is 81.8 Å². The van der Waals surface area contributed by atoms with Crippen molar-refractivity contribution in [2.75, 3.05) is 13.2 Å². The Kier molecular flexibility index (Phi) is 5.45. The van der Waals surface area contributed by atoms with Crippen molar-refractivity contribution >= 4 is 6.08 Å². The Morgan fingerprint density at radius 2 is 1.60 bits per heavy atom. The summed E-state index contributed by atoms with van der Waals surface area (Å²) in [6.45, 7) is 14.6. The average Bonchev–Trinajstić information content (AvgIpc) is 3.11. The lowest BCUT2D eigenvalue weighted by Crippen LogP contribution is -2.46. The van der Waals surface area contributed by atoms with E-state index in [1.165, 1.54) is 33.4 Å². The first-order valence-electron chi connectivity index (χ1n) is 11.3. The summed E-state index contributed by atoms with van der Waals surface area (Å²) in [5, 5.41) is 0. The van der Waals surface area contributed by atoms with Crippen molar-refractivity contribution in [2.24, 2.45) is 5.41 Å². The minimum Gasteiger partial charge on any atom is -0.350 e. The third-order valence-corrected chi connectivity index (χ3v) is 6.83. The Hall–Kier alpha value is -1.90. The Balaban J connectivity index is 1.59. The van der Waals surface area contributed by atoms with E-state index in [0.29, 0.717) is 0 Å². The van der Waals surface area contributed by atoms with E-state index in [-0.39, 0.29) is 10.8 Å². The minimum atomic E-state index is -0.460. The molecule has 160 valence electrons. The quantitative estimate of drug-likeness (QED) is 0.538. The molecule has 2 aromatic rings. The molecular weight excluding hydrogens is 368 g/mol. The van der Waals surface area contributed by atoms with Crippen LogP contribution in [-0.2, 0) is 21.3 Å². The second-order valence-electron chi connectivity index (χ2n) is 10.7. The lowest BCUT2D eigenvalue weighted by molar-refractivity contribution is -0.285. The van der Waals surface area contributed by atoms with Crippen LogP contribution >= 0.6 is 0 Å². The molecule has 2 heteroatoms. The highest BCUT2D eigenvalue weighted by atomic mass is 16.7. The highest BCUT2D eigenvalue weighted by Gasteiger charge is 2.39. The molecule has 0 bridgehead atoms. The Labute approximate surface area is 182 Å². The van der Waals surface area contributed by atoms with Crippen LogP contribution in [-0.4, -0.2) is 19.0 Å². The fourth-order valence-electron chi connectivity index (χ4n) is 4.60. The van der Waals surface area contributed by atoms with Crippen LogP contribution in [0.2, 0.25) is 0 Å². The van der Waals surface area contributed by atoms with Crippen LogP contribution in [0.1, 0.15) is 71.1 Å². The maximum absolute atomic E-state index is 6.04. The summed E-state index contributed by atoms with van der Waals surface area (Å²) in [6, 6.07) is 15.9. The summed E-state index contributed by atoms with van der Waals surface area (Å²) in [4.78, 5) is 0. The van der Waals surface area contributed by atoms with Gasteiger partial charge in [-0.3, -0.25) is 0 Å². The van der Waals surface area contributed by atoms with Gasteiger partial charge in [-0.2, -0.15) is 0 Å². The molecule has 1 saturated heterocycles. The maximum Gasteiger partial charge on any atom is 0.162 e. The fraction of sp³-hybridized carbons (Fsp3) is 0.500. The number of allylic oxidation sites excluding steroid dienone is 1. The van der Waals surface area contributed by atoms with Gasteiger partial charge in [0.15, 0.2) is 5.79 Å². The van der Waals surface area contributed by atoms with Gasteiger partial charge in [0.05, 0.1) is 13.2 Å². The highest BCUT2D eigenvalue weighted by molar-refractivity contribution is 5.81. The summed E-state index contributed by atoms with van der Waals surface area (Å²) < 4.78 is 12.1. The number of hydrogen-bond acceptors (Lipinski definition) is 2. The first-order valence-corrected chi connectivity index (χ1v) is 11.3. The van der Waals surface area contributed by atoms with Gasteiger partial charge in [0.2, 0.25) is 0 Å². The second kappa shape index (κ2) is 7.66. The molecule has 30 heavy (non-hydrogen) atoms. The van der Waals surface area contributed by atoms with Crippen LogP contribution in [0.15, 0.2) is 48.0 Å². The first-order chi connectivity index (χ1) is 14.1. The van der Waals surface area contributed by atoms with E-state index in [1.54, 1.807) is 0 Å². The predicted octanol–water partition coefficient (Wildman–Crippen LogP) is 7.16. The normalized spacial score (nSPS) is 20.0. The molecule has 1 fully saturated rings. The molecule has 0 amide bonds. The lowest BCUT2D eigenvalue weighted by atomic mass is 9.79. The number of ether oxygens (including phenoxy) is 2. The number of hydrogen-bond donors (Lipinski definition) is 0. The molecule has 4 rings (SSSR count). The van der Waals surface area contributed by atoms with E-state index < -0.39 is 5.79 Å². The number of rotatable bonds is 4. The van der Waals surface area contributed by atoms with E-state index >= 15 is 0 Å². The molecule has 1 heterocycles. The summed E-state index contributed by atoms with van der Waals surface area (Å²) in [7, 11) is 0. The molecule has 0 atom stereocenters. The van der Waals surface area contributed by atoms with Crippen LogP contribution < -0.4 is 0 Å². The van der Waals surface area contributed by atoms with Crippen molar-refractivity contribution in [3.05, 3.63) is 64.7 Å². The van der Waals surface area contributed by atoms with E-state index in [2.05, 4.69) is 76.2 Å². The van der Waals surface area contributed by atoms with Crippen molar-refractivity contribution in [3.8, 4) is 11.1 Å². The molecule has 0 spiro atoms. The molecular formula is C28H36O2. The molecule has 0 aromatic heterocycles. The molecule has 1 aliphatic carbocycles. The van der Waals surface area contributed by atoms with Crippen LogP contribution in [0, 0.1) is 5.41 Å². The Bertz CT molecular complexity index is 932. The Morgan fingerprint density at radius 3 is 2.20 bits per heavy atom. The third kappa shape index (κ3) is 4.26. The molecule has 0 radical (unpaired) electrons. The Morgan fingerprint density at radius 1 is 0.933 bits per heavy atom. The third-order valence-electron chi connectivity index (χ3n) is 6.83. The SMILES string of the molecule is CCC1(CC2=Cc3c(cccc3-c3ccc(C(C)(C)C)cc3)C2)COC(C)(C)OC1.